The maximum atomic E-state index is 6.09. The quantitative estimate of drug-likeness (QED) is 0.612. The van der Waals surface area contributed by atoms with E-state index in [1.165, 1.54) is 0 Å². The minimum atomic E-state index is 0.493. The fraction of sp³-hybridized carbons (Fsp3) is 0. The molecule has 0 unspecified atom stereocenters. The molecule has 0 spiro atoms. The normalized spacial score (nSPS) is 11.0. The summed E-state index contributed by atoms with van der Waals surface area (Å²) in [6.45, 7) is 0. The molecule has 0 bridgehead atoms. The third-order valence-corrected chi connectivity index (χ3v) is 4.19. The first-order valence-corrected chi connectivity index (χ1v) is 7.44. The van der Waals surface area contributed by atoms with E-state index in [1.807, 2.05) is 52.5 Å². The fourth-order valence-electron chi connectivity index (χ4n) is 2.46. The summed E-state index contributed by atoms with van der Waals surface area (Å²) in [6.07, 6.45) is 1.81. The van der Waals surface area contributed by atoms with Gasteiger partial charge in [0.2, 0.25) is 5.95 Å². The molecule has 4 nitrogen and oxygen atoms in total. The first kappa shape index (κ1) is 12.1. The molecule has 0 fully saturated rings. The zero-order valence-corrected chi connectivity index (χ0v) is 11.9. The van der Waals surface area contributed by atoms with Crippen LogP contribution in [0.1, 0.15) is 0 Å². The molecular weight excluding hydrogens is 280 g/mol. The van der Waals surface area contributed by atoms with Crippen LogP contribution in [0, 0.1) is 0 Å². The first-order valence-electron chi connectivity index (χ1n) is 6.56. The Morgan fingerprint density at radius 2 is 1.95 bits per heavy atom. The third kappa shape index (κ3) is 1.98. The highest BCUT2D eigenvalue weighted by Crippen LogP contribution is 2.27. The Morgan fingerprint density at radius 1 is 1.05 bits per heavy atom. The summed E-state index contributed by atoms with van der Waals surface area (Å²) in [4.78, 5) is 8.77. The number of hydrogen-bond donors (Lipinski definition) is 1. The molecule has 21 heavy (non-hydrogen) atoms. The maximum Gasteiger partial charge on any atom is 0.205 e. The topological polar surface area (TPSA) is 56.7 Å². The van der Waals surface area contributed by atoms with Crippen molar-refractivity contribution in [3.8, 4) is 16.3 Å². The number of anilines is 1. The number of para-hydroxylation sites is 2. The van der Waals surface area contributed by atoms with Crippen LogP contribution in [0.5, 0.6) is 0 Å². The zero-order valence-electron chi connectivity index (χ0n) is 11.1. The van der Waals surface area contributed by atoms with Crippen molar-refractivity contribution in [3.63, 3.8) is 0 Å². The van der Waals surface area contributed by atoms with Crippen molar-refractivity contribution in [1.82, 2.24) is 14.5 Å². The Labute approximate surface area is 125 Å². The van der Waals surface area contributed by atoms with E-state index < -0.39 is 0 Å². The smallest absolute Gasteiger partial charge is 0.205 e. The van der Waals surface area contributed by atoms with Crippen molar-refractivity contribution < 1.29 is 0 Å². The monoisotopic (exact) mass is 292 g/mol. The Balaban J connectivity index is 1.93. The average Bonchev–Trinajstić information content (AvgIpc) is 3.14. The summed E-state index contributed by atoms with van der Waals surface area (Å²) < 4.78 is 1.96. The molecule has 0 aliphatic carbocycles. The molecule has 0 aliphatic heterocycles. The summed E-state index contributed by atoms with van der Waals surface area (Å²) in [5, 5.41) is 2.98. The van der Waals surface area contributed by atoms with Gasteiger partial charge in [-0.15, -0.1) is 11.3 Å². The van der Waals surface area contributed by atoms with Gasteiger partial charge < -0.3 is 5.73 Å². The van der Waals surface area contributed by atoms with Gasteiger partial charge in [-0.25, -0.2) is 9.97 Å². The van der Waals surface area contributed by atoms with Gasteiger partial charge in [-0.05, 0) is 24.3 Å². The maximum absolute atomic E-state index is 6.09. The largest absolute Gasteiger partial charge is 0.369 e. The highest BCUT2D eigenvalue weighted by atomic mass is 32.1. The molecule has 2 N–H and O–H groups in total. The van der Waals surface area contributed by atoms with E-state index in [9.17, 15) is 0 Å². The summed E-state index contributed by atoms with van der Waals surface area (Å²) >= 11 is 1.62. The molecule has 0 amide bonds. The second kappa shape index (κ2) is 4.71. The Kier molecular flexibility index (Phi) is 2.72. The molecule has 0 saturated heterocycles. The van der Waals surface area contributed by atoms with E-state index in [0.717, 1.165) is 27.3 Å². The molecule has 0 atom stereocenters. The van der Waals surface area contributed by atoms with Crippen LogP contribution >= 0.6 is 11.3 Å². The number of fused-ring (bicyclic) bond motifs is 1. The van der Waals surface area contributed by atoms with E-state index in [2.05, 4.69) is 22.1 Å². The van der Waals surface area contributed by atoms with Crippen LogP contribution in [0.3, 0.4) is 0 Å². The van der Waals surface area contributed by atoms with Crippen LogP contribution in [0.15, 0.2) is 60.1 Å². The average molecular weight is 292 g/mol. The number of imidazole rings is 1. The summed E-state index contributed by atoms with van der Waals surface area (Å²) in [7, 11) is 0. The number of thiazole rings is 1. The third-order valence-electron chi connectivity index (χ3n) is 3.37. The number of benzene rings is 2. The molecule has 0 radical (unpaired) electrons. The molecule has 2 heterocycles. The molecule has 2 aromatic carbocycles. The highest BCUT2D eigenvalue weighted by molar-refractivity contribution is 7.13. The van der Waals surface area contributed by atoms with Gasteiger partial charge in [0.25, 0.3) is 0 Å². The van der Waals surface area contributed by atoms with Crippen molar-refractivity contribution >= 4 is 28.3 Å². The van der Waals surface area contributed by atoms with Crippen molar-refractivity contribution in [2.24, 2.45) is 0 Å². The fourth-order valence-corrected chi connectivity index (χ4v) is 3.10. The van der Waals surface area contributed by atoms with Crippen molar-refractivity contribution in [1.29, 1.82) is 0 Å². The molecule has 2 aromatic heterocycles. The van der Waals surface area contributed by atoms with Crippen molar-refractivity contribution in [3.05, 3.63) is 60.1 Å². The van der Waals surface area contributed by atoms with Gasteiger partial charge in [0.05, 0.1) is 11.0 Å². The predicted molar refractivity (Wildman–Crippen MR) is 86.6 cm³/mol. The van der Waals surface area contributed by atoms with E-state index in [4.69, 9.17) is 5.73 Å². The number of nitrogen functional groups attached to an aromatic ring is 1. The summed E-state index contributed by atoms with van der Waals surface area (Å²) in [5.74, 6) is 0.493. The number of hydrogen-bond acceptors (Lipinski definition) is 4. The zero-order chi connectivity index (χ0) is 14.2. The van der Waals surface area contributed by atoms with Gasteiger partial charge in [-0.3, -0.25) is 4.57 Å². The lowest BCUT2D eigenvalue weighted by Crippen LogP contribution is -2.00. The van der Waals surface area contributed by atoms with Crippen molar-refractivity contribution in [2.75, 3.05) is 5.73 Å². The minimum Gasteiger partial charge on any atom is -0.369 e. The molecule has 102 valence electrons. The number of aromatic nitrogens is 3. The molecule has 4 aromatic rings. The predicted octanol–water partition coefficient (Wildman–Crippen LogP) is 3.73. The van der Waals surface area contributed by atoms with Crippen LogP contribution in [0.2, 0.25) is 0 Å². The lowest BCUT2D eigenvalue weighted by molar-refractivity contribution is 1.11. The van der Waals surface area contributed by atoms with Gasteiger partial charge in [0.1, 0.15) is 5.01 Å². The molecular formula is C16H12N4S. The molecule has 4 rings (SSSR count). The van der Waals surface area contributed by atoms with E-state index in [0.29, 0.717) is 5.95 Å². The second-order valence-electron chi connectivity index (χ2n) is 4.68. The van der Waals surface area contributed by atoms with E-state index in [1.54, 1.807) is 11.3 Å². The van der Waals surface area contributed by atoms with Crippen LogP contribution in [0.25, 0.3) is 27.3 Å². The molecule has 5 heteroatoms. The summed E-state index contributed by atoms with van der Waals surface area (Å²) in [5.41, 5.74) is 10.1. The van der Waals surface area contributed by atoms with Crippen LogP contribution in [-0.2, 0) is 0 Å². The van der Waals surface area contributed by atoms with E-state index in [-0.39, 0.29) is 0 Å². The van der Waals surface area contributed by atoms with Gasteiger partial charge >= 0.3 is 0 Å². The lowest BCUT2D eigenvalue weighted by Gasteiger charge is -2.07. The van der Waals surface area contributed by atoms with Crippen LogP contribution < -0.4 is 5.73 Å². The first-order chi connectivity index (χ1) is 10.3. The Morgan fingerprint density at radius 3 is 2.81 bits per heavy atom. The molecule has 0 saturated carbocycles. The van der Waals surface area contributed by atoms with Gasteiger partial charge in [-0.1, -0.05) is 24.3 Å². The Bertz CT molecular complexity index is 909. The Hall–Kier alpha value is -2.66. The summed E-state index contributed by atoms with van der Waals surface area (Å²) in [6, 6.07) is 16.1. The SMILES string of the molecule is Nc1nc2ccccc2n1-c1cccc(-c2nccs2)c1. The highest BCUT2D eigenvalue weighted by Gasteiger charge is 2.10. The number of nitrogens with two attached hydrogens (primary N) is 1. The van der Waals surface area contributed by atoms with Gasteiger partial charge in [-0.2, -0.15) is 0 Å². The lowest BCUT2D eigenvalue weighted by atomic mass is 10.2. The second-order valence-corrected chi connectivity index (χ2v) is 5.58. The van der Waals surface area contributed by atoms with Crippen LogP contribution in [-0.4, -0.2) is 14.5 Å². The number of nitrogens with zero attached hydrogens (tertiary/aromatic N) is 3. The molecule has 0 aliphatic rings. The van der Waals surface area contributed by atoms with Gasteiger partial charge in [0.15, 0.2) is 0 Å². The minimum absolute atomic E-state index is 0.493. The van der Waals surface area contributed by atoms with Crippen molar-refractivity contribution in [2.45, 2.75) is 0 Å². The van der Waals surface area contributed by atoms with Crippen LogP contribution in [0.4, 0.5) is 5.95 Å². The van der Waals surface area contributed by atoms with Gasteiger partial charge in [0, 0.05) is 22.8 Å². The number of rotatable bonds is 2. The van der Waals surface area contributed by atoms with E-state index >= 15 is 0 Å². The standard InChI is InChI=1S/C16H12N4S/c17-16-19-13-6-1-2-7-14(13)20(16)12-5-3-4-11(10-12)15-18-8-9-21-15/h1-10H,(H2,17,19).